The van der Waals surface area contributed by atoms with Crippen molar-refractivity contribution in [2.24, 2.45) is 0 Å². The molecular formula is C13H14F4O2. The van der Waals surface area contributed by atoms with Gasteiger partial charge in [-0.05, 0) is 11.8 Å². The molecule has 0 bridgehead atoms. The lowest BCUT2D eigenvalue weighted by Gasteiger charge is -2.25. The number of rotatable bonds is 3. The van der Waals surface area contributed by atoms with Gasteiger partial charge in [0.15, 0.2) is 11.6 Å². The van der Waals surface area contributed by atoms with E-state index >= 15 is 0 Å². The van der Waals surface area contributed by atoms with Gasteiger partial charge in [-0.2, -0.15) is 8.78 Å². The number of esters is 1. The molecule has 0 heterocycles. The molecule has 0 aliphatic heterocycles. The zero-order chi connectivity index (χ0) is 15.0. The summed E-state index contributed by atoms with van der Waals surface area (Å²) in [5.74, 6) is -8.91. The first-order valence-electron chi connectivity index (χ1n) is 5.68. The van der Waals surface area contributed by atoms with Crippen LogP contribution >= 0.6 is 0 Å². The summed E-state index contributed by atoms with van der Waals surface area (Å²) in [5.41, 5.74) is -1.79. The zero-order valence-corrected chi connectivity index (χ0v) is 11.0. The number of halogens is 4. The van der Waals surface area contributed by atoms with Crippen molar-refractivity contribution in [2.75, 3.05) is 0 Å². The Hall–Kier alpha value is -1.59. The highest BCUT2D eigenvalue weighted by molar-refractivity contribution is 5.69. The number of benzene rings is 1. The molecule has 0 atom stereocenters. The smallest absolute Gasteiger partial charge is 0.308 e. The van der Waals surface area contributed by atoms with Crippen molar-refractivity contribution in [2.45, 2.75) is 39.5 Å². The third kappa shape index (κ3) is 2.72. The molecule has 6 heteroatoms. The van der Waals surface area contributed by atoms with Crippen LogP contribution in [0.2, 0.25) is 0 Å². The summed E-state index contributed by atoms with van der Waals surface area (Å²) in [6.45, 7) is 5.42. The summed E-state index contributed by atoms with van der Waals surface area (Å²) in [4.78, 5) is 10.7. The van der Waals surface area contributed by atoms with Gasteiger partial charge in [-0.15, -0.1) is 0 Å². The standard InChI is InChI=1S/C13H14F4O2/c1-5-13(3,4)7-8(14)10(16)12(19-6(2)18)11(17)9(7)15/h5H2,1-4H3. The third-order valence-corrected chi connectivity index (χ3v) is 3.03. The zero-order valence-electron chi connectivity index (χ0n) is 11.0. The first-order valence-corrected chi connectivity index (χ1v) is 5.68. The molecule has 0 spiro atoms. The molecule has 2 nitrogen and oxygen atoms in total. The van der Waals surface area contributed by atoms with Crippen molar-refractivity contribution in [1.29, 1.82) is 0 Å². The summed E-state index contributed by atoms with van der Waals surface area (Å²) in [6, 6.07) is 0. The fraction of sp³-hybridized carbons (Fsp3) is 0.462. The maximum absolute atomic E-state index is 13.9. The van der Waals surface area contributed by atoms with Crippen LogP contribution in [-0.4, -0.2) is 5.97 Å². The lowest BCUT2D eigenvalue weighted by Crippen LogP contribution is -2.23. The first kappa shape index (κ1) is 15.5. The molecule has 0 amide bonds. The summed E-state index contributed by atoms with van der Waals surface area (Å²) >= 11 is 0. The molecule has 0 radical (unpaired) electrons. The molecule has 1 rings (SSSR count). The normalized spacial score (nSPS) is 11.6. The average Bonchev–Trinajstić information content (AvgIpc) is 2.32. The predicted molar refractivity (Wildman–Crippen MR) is 60.9 cm³/mol. The van der Waals surface area contributed by atoms with E-state index < -0.39 is 46.0 Å². The van der Waals surface area contributed by atoms with Gasteiger partial charge in [-0.3, -0.25) is 4.79 Å². The minimum absolute atomic E-state index is 0.270. The van der Waals surface area contributed by atoms with Crippen molar-refractivity contribution >= 4 is 5.97 Å². The molecule has 106 valence electrons. The van der Waals surface area contributed by atoms with Gasteiger partial charge >= 0.3 is 5.97 Å². The van der Waals surface area contributed by atoms with Gasteiger partial charge in [0.1, 0.15) is 0 Å². The minimum Gasteiger partial charge on any atom is -0.420 e. The van der Waals surface area contributed by atoms with Gasteiger partial charge in [0, 0.05) is 12.5 Å². The Morgan fingerprint density at radius 3 is 1.79 bits per heavy atom. The summed E-state index contributed by atoms with van der Waals surface area (Å²) < 4.78 is 59.2. The van der Waals surface area contributed by atoms with E-state index in [-0.39, 0.29) is 6.42 Å². The highest BCUT2D eigenvalue weighted by atomic mass is 19.2. The molecule has 0 aromatic heterocycles. The number of hydrogen-bond donors (Lipinski definition) is 0. The van der Waals surface area contributed by atoms with Crippen LogP contribution in [0.1, 0.15) is 39.7 Å². The van der Waals surface area contributed by atoms with E-state index in [1.54, 1.807) is 6.92 Å². The van der Waals surface area contributed by atoms with E-state index in [0.29, 0.717) is 0 Å². The number of ether oxygens (including phenoxy) is 1. The molecular weight excluding hydrogens is 264 g/mol. The molecule has 0 aliphatic rings. The Bertz CT molecular complexity index is 495. The van der Waals surface area contributed by atoms with Crippen LogP contribution in [0.3, 0.4) is 0 Å². The van der Waals surface area contributed by atoms with Crippen molar-refractivity contribution in [3.63, 3.8) is 0 Å². The maximum Gasteiger partial charge on any atom is 0.308 e. The summed E-state index contributed by atoms with van der Waals surface area (Å²) in [6.07, 6.45) is 0.270. The molecule has 0 saturated carbocycles. The third-order valence-electron chi connectivity index (χ3n) is 3.03. The largest absolute Gasteiger partial charge is 0.420 e. The van der Waals surface area contributed by atoms with Gasteiger partial charge in [0.25, 0.3) is 0 Å². The van der Waals surface area contributed by atoms with Crippen molar-refractivity contribution in [3.8, 4) is 5.75 Å². The highest BCUT2D eigenvalue weighted by Gasteiger charge is 2.34. The van der Waals surface area contributed by atoms with Crippen LogP contribution in [0.4, 0.5) is 17.6 Å². The van der Waals surface area contributed by atoms with Crippen LogP contribution in [0.5, 0.6) is 5.75 Å². The Morgan fingerprint density at radius 1 is 1.05 bits per heavy atom. The summed E-state index contributed by atoms with van der Waals surface area (Å²) in [5, 5.41) is 0. The number of hydrogen-bond acceptors (Lipinski definition) is 2. The van der Waals surface area contributed by atoms with Crippen molar-refractivity contribution in [1.82, 2.24) is 0 Å². The average molecular weight is 278 g/mol. The van der Waals surface area contributed by atoms with Crippen LogP contribution in [-0.2, 0) is 10.2 Å². The Balaban J connectivity index is 3.61. The van der Waals surface area contributed by atoms with Crippen LogP contribution in [0.25, 0.3) is 0 Å². The maximum atomic E-state index is 13.9. The van der Waals surface area contributed by atoms with Crippen LogP contribution in [0, 0.1) is 23.3 Å². The predicted octanol–water partition coefficient (Wildman–Crippen LogP) is 3.86. The van der Waals surface area contributed by atoms with Crippen LogP contribution in [0.15, 0.2) is 0 Å². The molecule has 0 saturated heterocycles. The minimum atomic E-state index is -1.70. The van der Waals surface area contributed by atoms with E-state index in [1.165, 1.54) is 13.8 Å². The highest BCUT2D eigenvalue weighted by Crippen LogP contribution is 2.37. The van der Waals surface area contributed by atoms with E-state index in [0.717, 1.165) is 6.92 Å². The van der Waals surface area contributed by atoms with E-state index in [9.17, 15) is 22.4 Å². The van der Waals surface area contributed by atoms with Gasteiger partial charge in [-0.1, -0.05) is 20.8 Å². The Kier molecular flexibility index (Phi) is 4.22. The second-order valence-electron chi connectivity index (χ2n) is 4.79. The fourth-order valence-electron chi connectivity index (χ4n) is 1.62. The molecule has 1 aromatic carbocycles. The van der Waals surface area contributed by atoms with Gasteiger partial charge in [-0.25, -0.2) is 8.78 Å². The molecule has 0 N–H and O–H groups in total. The van der Waals surface area contributed by atoms with Gasteiger partial charge in [0.05, 0.1) is 0 Å². The van der Waals surface area contributed by atoms with E-state index in [2.05, 4.69) is 4.74 Å². The second-order valence-corrected chi connectivity index (χ2v) is 4.79. The Morgan fingerprint density at radius 2 is 1.47 bits per heavy atom. The topological polar surface area (TPSA) is 26.3 Å². The lowest BCUT2D eigenvalue weighted by atomic mass is 9.81. The van der Waals surface area contributed by atoms with Crippen molar-refractivity contribution < 1.29 is 27.1 Å². The van der Waals surface area contributed by atoms with Gasteiger partial charge < -0.3 is 4.74 Å². The number of carbonyl (C=O) groups is 1. The van der Waals surface area contributed by atoms with Crippen LogP contribution < -0.4 is 4.74 Å². The monoisotopic (exact) mass is 278 g/mol. The molecule has 0 fully saturated rings. The first-order chi connectivity index (χ1) is 8.63. The second kappa shape index (κ2) is 5.19. The molecule has 19 heavy (non-hydrogen) atoms. The number of carbonyl (C=O) groups excluding carboxylic acids is 1. The van der Waals surface area contributed by atoms with E-state index in [1.807, 2.05) is 0 Å². The molecule has 0 aliphatic carbocycles. The Labute approximate surface area is 108 Å². The van der Waals surface area contributed by atoms with Gasteiger partial charge in [0.2, 0.25) is 17.4 Å². The fourth-order valence-corrected chi connectivity index (χ4v) is 1.62. The lowest BCUT2D eigenvalue weighted by molar-refractivity contribution is -0.132. The molecule has 1 aromatic rings. The summed E-state index contributed by atoms with van der Waals surface area (Å²) in [7, 11) is 0. The van der Waals surface area contributed by atoms with Crippen molar-refractivity contribution in [3.05, 3.63) is 28.8 Å². The SMILES string of the molecule is CCC(C)(C)c1c(F)c(F)c(OC(C)=O)c(F)c1F. The quantitative estimate of drug-likeness (QED) is 0.363. The van der Waals surface area contributed by atoms with E-state index in [4.69, 9.17) is 0 Å². The molecule has 0 unspecified atom stereocenters.